The van der Waals surface area contributed by atoms with E-state index in [2.05, 4.69) is 17.9 Å². The quantitative estimate of drug-likeness (QED) is 0.476. The molecule has 0 aromatic rings. The molecule has 0 rings (SSSR count). The van der Waals surface area contributed by atoms with E-state index in [-0.39, 0.29) is 5.76 Å². The molecule has 0 aliphatic rings. The third kappa shape index (κ3) is 5.58. The van der Waals surface area contributed by atoms with Gasteiger partial charge >= 0.3 is 6.36 Å². The molecule has 0 spiro atoms. The molecule has 0 aromatic heterocycles. The molecule has 68 valence electrons. The summed E-state index contributed by atoms with van der Waals surface area (Å²) in [4.78, 5) is 0. The summed E-state index contributed by atoms with van der Waals surface area (Å²) < 4.78 is 38.4. The fourth-order valence-electron chi connectivity index (χ4n) is 0.507. The SMILES string of the molecule is C=C/C(=C\C(=C)C)OC(F)(F)F. The summed E-state index contributed by atoms with van der Waals surface area (Å²) in [5, 5.41) is 0. The zero-order valence-corrected chi connectivity index (χ0v) is 6.61. The number of rotatable bonds is 3. The predicted octanol–water partition coefficient (Wildman–Crippen LogP) is 3.17. The molecule has 0 bridgehead atoms. The van der Waals surface area contributed by atoms with Gasteiger partial charge in [-0.3, -0.25) is 0 Å². The van der Waals surface area contributed by atoms with Gasteiger partial charge in [0.2, 0.25) is 0 Å². The van der Waals surface area contributed by atoms with E-state index in [1.54, 1.807) is 6.92 Å². The zero-order valence-electron chi connectivity index (χ0n) is 6.61. The second-order valence-corrected chi connectivity index (χ2v) is 2.14. The van der Waals surface area contributed by atoms with Gasteiger partial charge in [-0.15, -0.1) is 13.2 Å². The van der Waals surface area contributed by atoms with Crippen molar-refractivity contribution in [3.05, 3.63) is 36.6 Å². The highest BCUT2D eigenvalue weighted by Crippen LogP contribution is 2.21. The van der Waals surface area contributed by atoms with Crippen LogP contribution in [0.5, 0.6) is 0 Å². The van der Waals surface area contributed by atoms with Gasteiger partial charge in [0, 0.05) is 0 Å². The number of alkyl halides is 3. The number of allylic oxidation sites excluding steroid dienone is 3. The lowest BCUT2D eigenvalue weighted by atomic mass is 10.3. The van der Waals surface area contributed by atoms with Crippen LogP contribution in [0.1, 0.15) is 6.92 Å². The normalized spacial score (nSPS) is 12.5. The fourth-order valence-corrected chi connectivity index (χ4v) is 0.507. The number of halogens is 3. The van der Waals surface area contributed by atoms with Crippen molar-refractivity contribution in [3.8, 4) is 0 Å². The first-order chi connectivity index (χ1) is 5.35. The Balaban J connectivity index is 4.39. The molecular weight excluding hydrogens is 169 g/mol. The van der Waals surface area contributed by atoms with Gasteiger partial charge < -0.3 is 4.74 Å². The van der Waals surface area contributed by atoms with Crippen molar-refractivity contribution >= 4 is 0 Å². The average Bonchev–Trinajstić information content (AvgIpc) is 1.82. The van der Waals surface area contributed by atoms with E-state index in [0.717, 1.165) is 12.2 Å². The molecule has 0 radical (unpaired) electrons. The van der Waals surface area contributed by atoms with Crippen LogP contribution in [0.15, 0.2) is 36.6 Å². The summed E-state index contributed by atoms with van der Waals surface area (Å²) in [6.45, 7) is 8.12. The molecule has 1 nitrogen and oxygen atoms in total. The van der Waals surface area contributed by atoms with Gasteiger partial charge in [-0.25, -0.2) is 0 Å². The van der Waals surface area contributed by atoms with Crippen molar-refractivity contribution in [2.45, 2.75) is 13.3 Å². The molecule has 0 atom stereocenters. The van der Waals surface area contributed by atoms with Gasteiger partial charge in [0.15, 0.2) is 0 Å². The Morgan fingerprint density at radius 2 is 1.92 bits per heavy atom. The van der Waals surface area contributed by atoms with E-state index in [0.29, 0.717) is 5.57 Å². The summed E-state index contributed by atoms with van der Waals surface area (Å²) in [6, 6.07) is 0. The zero-order chi connectivity index (χ0) is 9.78. The van der Waals surface area contributed by atoms with Gasteiger partial charge in [0.1, 0.15) is 5.76 Å². The van der Waals surface area contributed by atoms with Crippen molar-refractivity contribution < 1.29 is 17.9 Å². The number of hydrogen-bond acceptors (Lipinski definition) is 1. The highest BCUT2D eigenvalue weighted by Gasteiger charge is 2.31. The topological polar surface area (TPSA) is 9.23 Å². The summed E-state index contributed by atoms with van der Waals surface area (Å²) in [7, 11) is 0. The van der Waals surface area contributed by atoms with Crippen molar-refractivity contribution in [2.75, 3.05) is 0 Å². The third-order valence-electron chi connectivity index (χ3n) is 0.823. The van der Waals surface area contributed by atoms with Gasteiger partial charge in [0.25, 0.3) is 0 Å². The van der Waals surface area contributed by atoms with Crippen LogP contribution in [0.2, 0.25) is 0 Å². The molecule has 0 heterocycles. The highest BCUT2D eigenvalue weighted by atomic mass is 19.4. The van der Waals surface area contributed by atoms with Crippen LogP contribution in [0, 0.1) is 0 Å². The van der Waals surface area contributed by atoms with Crippen LogP contribution in [0.25, 0.3) is 0 Å². The van der Waals surface area contributed by atoms with Crippen LogP contribution in [0.3, 0.4) is 0 Å². The second kappa shape index (κ2) is 3.99. The van der Waals surface area contributed by atoms with Crippen LogP contribution >= 0.6 is 0 Å². The molecule has 0 fully saturated rings. The maximum Gasteiger partial charge on any atom is 0.573 e. The predicted molar refractivity (Wildman–Crippen MR) is 40.2 cm³/mol. The molecule has 0 aliphatic heterocycles. The van der Waals surface area contributed by atoms with Gasteiger partial charge in [0.05, 0.1) is 0 Å². The summed E-state index contributed by atoms with van der Waals surface area (Å²) in [5.74, 6) is -0.352. The maximum atomic E-state index is 11.6. The largest absolute Gasteiger partial charge is 0.573 e. The van der Waals surface area contributed by atoms with E-state index in [1.165, 1.54) is 0 Å². The first-order valence-electron chi connectivity index (χ1n) is 3.10. The number of ether oxygens (including phenoxy) is 1. The average molecular weight is 178 g/mol. The molecule has 0 amide bonds. The van der Waals surface area contributed by atoms with Crippen molar-refractivity contribution in [1.82, 2.24) is 0 Å². The Morgan fingerprint density at radius 1 is 1.42 bits per heavy atom. The molecule has 0 saturated carbocycles. The van der Waals surface area contributed by atoms with Gasteiger partial charge in [-0.05, 0) is 19.1 Å². The van der Waals surface area contributed by atoms with Crippen molar-refractivity contribution in [3.63, 3.8) is 0 Å². The molecule has 0 N–H and O–H groups in total. The maximum absolute atomic E-state index is 11.6. The van der Waals surface area contributed by atoms with E-state index < -0.39 is 6.36 Å². The van der Waals surface area contributed by atoms with Crippen LogP contribution in [0.4, 0.5) is 13.2 Å². The van der Waals surface area contributed by atoms with Crippen molar-refractivity contribution in [2.24, 2.45) is 0 Å². The van der Waals surface area contributed by atoms with Crippen LogP contribution in [-0.2, 0) is 4.74 Å². The van der Waals surface area contributed by atoms with Crippen LogP contribution < -0.4 is 0 Å². The molecular formula is C8H9F3O. The number of hydrogen-bond donors (Lipinski definition) is 0. The van der Waals surface area contributed by atoms with E-state index in [9.17, 15) is 13.2 Å². The smallest absolute Gasteiger partial charge is 0.406 e. The molecule has 0 unspecified atom stereocenters. The van der Waals surface area contributed by atoms with E-state index in [4.69, 9.17) is 0 Å². The Morgan fingerprint density at radius 3 is 2.17 bits per heavy atom. The minimum absolute atomic E-state index is 0.352. The summed E-state index contributed by atoms with van der Waals surface area (Å²) >= 11 is 0. The third-order valence-corrected chi connectivity index (χ3v) is 0.823. The minimum Gasteiger partial charge on any atom is -0.406 e. The first kappa shape index (κ1) is 10.8. The summed E-state index contributed by atoms with van der Waals surface area (Å²) in [6.07, 6.45) is -2.54. The Hall–Kier alpha value is -1.19. The lowest BCUT2D eigenvalue weighted by molar-refractivity contribution is -0.303. The molecule has 12 heavy (non-hydrogen) atoms. The standard InChI is InChI=1S/C8H9F3O/c1-4-7(5-6(2)3)12-8(9,10)11/h4-5H,1-2H2,3H3/b7-5+. The molecule has 0 aromatic carbocycles. The summed E-state index contributed by atoms with van der Waals surface area (Å²) in [5.41, 5.74) is 0.467. The fraction of sp³-hybridized carbons (Fsp3) is 0.250. The molecule has 4 heteroatoms. The van der Waals surface area contributed by atoms with Crippen LogP contribution in [-0.4, -0.2) is 6.36 Å². The Bertz CT molecular complexity index is 213. The Labute approximate surface area is 68.8 Å². The lowest BCUT2D eigenvalue weighted by Gasteiger charge is -2.08. The van der Waals surface area contributed by atoms with E-state index >= 15 is 0 Å². The van der Waals surface area contributed by atoms with Crippen molar-refractivity contribution in [1.29, 1.82) is 0 Å². The Kier molecular flexibility index (Phi) is 3.60. The lowest BCUT2D eigenvalue weighted by Crippen LogP contribution is -2.11. The van der Waals surface area contributed by atoms with Gasteiger partial charge in [-0.1, -0.05) is 18.7 Å². The monoisotopic (exact) mass is 178 g/mol. The molecule has 0 aliphatic carbocycles. The highest BCUT2D eigenvalue weighted by molar-refractivity contribution is 5.21. The second-order valence-electron chi connectivity index (χ2n) is 2.14. The van der Waals surface area contributed by atoms with E-state index in [1.807, 2.05) is 0 Å². The molecule has 0 saturated heterocycles. The minimum atomic E-state index is -4.67. The van der Waals surface area contributed by atoms with Gasteiger partial charge in [-0.2, -0.15) is 0 Å². The first-order valence-corrected chi connectivity index (χ1v) is 3.10.